The molecule has 0 amide bonds. The summed E-state index contributed by atoms with van der Waals surface area (Å²) in [5.74, 6) is 0. The van der Waals surface area contributed by atoms with Gasteiger partial charge in [-0.1, -0.05) is 22.0 Å². The zero-order valence-corrected chi connectivity index (χ0v) is 11.1. The van der Waals surface area contributed by atoms with E-state index < -0.39 is 0 Å². The maximum absolute atomic E-state index is 3.78. The molecule has 0 aliphatic carbocycles. The van der Waals surface area contributed by atoms with E-state index in [2.05, 4.69) is 37.9 Å². The van der Waals surface area contributed by atoms with Crippen LogP contribution in [0.1, 0.15) is 0 Å². The Morgan fingerprint density at radius 1 is 0.938 bits per heavy atom. The first kappa shape index (κ1) is 12.7. The smallest absolute Gasteiger partial charge is 0.0361 e. The summed E-state index contributed by atoms with van der Waals surface area (Å²) in [4.78, 5) is 5.86. The van der Waals surface area contributed by atoms with E-state index in [1.54, 1.807) is 12.4 Å². The molecule has 0 spiro atoms. The molecule has 2 rings (SSSR count). The Morgan fingerprint density at radius 3 is 1.81 bits per heavy atom. The highest BCUT2D eigenvalue weighted by atomic mass is 79.9. The summed E-state index contributed by atoms with van der Waals surface area (Å²) in [6, 6.07) is 13.9. The van der Waals surface area contributed by atoms with Crippen molar-refractivity contribution >= 4 is 21.6 Å². The molecule has 2 aromatic rings. The van der Waals surface area contributed by atoms with Crippen molar-refractivity contribution in [3.63, 3.8) is 0 Å². The molecule has 16 heavy (non-hydrogen) atoms. The molecule has 0 saturated carbocycles. The molecule has 0 N–H and O–H groups in total. The van der Waals surface area contributed by atoms with Crippen molar-refractivity contribution in [3.05, 3.63) is 59.3 Å². The molecule has 0 saturated heterocycles. The predicted octanol–water partition coefficient (Wildman–Crippen LogP) is 3.60. The number of benzene rings is 1. The molecular formula is C13H15BrN2. The highest BCUT2D eigenvalue weighted by Gasteiger charge is 1.91. The van der Waals surface area contributed by atoms with Crippen LogP contribution in [0.2, 0.25) is 0 Å². The number of pyridine rings is 1. The fourth-order valence-electron chi connectivity index (χ4n) is 1.05. The van der Waals surface area contributed by atoms with Gasteiger partial charge in [0.05, 0.1) is 0 Å². The number of halogens is 1. The number of nitrogens with zero attached hydrogens (tertiary/aromatic N) is 2. The van der Waals surface area contributed by atoms with E-state index in [-0.39, 0.29) is 0 Å². The van der Waals surface area contributed by atoms with E-state index >= 15 is 0 Å². The Kier molecular flexibility index (Phi) is 5.57. The van der Waals surface area contributed by atoms with Crippen LogP contribution in [0.3, 0.4) is 0 Å². The zero-order valence-electron chi connectivity index (χ0n) is 9.47. The van der Waals surface area contributed by atoms with Gasteiger partial charge in [0.2, 0.25) is 0 Å². The van der Waals surface area contributed by atoms with E-state index in [4.69, 9.17) is 0 Å². The maximum atomic E-state index is 3.78. The molecule has 1 heterocycles. The Labute approximate surface area is 105 Å². The van der Waals surface area contributed by atoms with Crippen LogP contribution < -0.4 is 4.90 Å². The van der Waals surface area contributed by atoms with Crippen molar-refractivity contribution in [2.45, 2.75) is 0 Å². The van der Waals surface area contributed by atoms with Crippen molar-refractivity contribution in [2.75, 3.05) is 19.0 Å². The average molecular weight is 279 g/mol. The van der Waals surface area contributed by atoms with Gasteiger partial charge in [-0.15, -0.1) is 0 Å². The number of hydrogen-bond donors (Lipinski definition) is 0. The quantitative estimate of drug-likeness (QED) is 0.793. The first-order valence-electron chi connectivity index (χ1n) is 4.98. The van der Waals surface area contributed by atoms with Crippen LogP contribution in [-0.4, -0.2) is 19.1 Å². The van der Waals surface area contributed by atoms with Gasteiger partial charge in [0.1, 0.15) is 0 Å². The monoisotopic (exact) mass is 278 g/mol. The van der Waals surface area contributed by atoms with Gasteiger partial charge in [0.15, 0.2) is 0 Å². The second-order valence-electron chi connectivity index (χ2n) is 3.40. The van der Waals surface area contributed by atoms with Crippen molar-refractivity contribution in [2.24, 2.45) is 0 Å². The van der Waals surface area contributed by atoms with Crippen LogP contribution in [0.15, 0.2) is 59.3 Å². The minimum Gasteiger partial charge on any atom is -0.378 e. The lowest BCUT2D eigenvalue weighted by molar-refractivity contribution is 1.13. The van der Waals surface area contributed by atoms with E-state index in [0.717, 1.165) is 4.47 Å². The minimum atomic E-state index is 1.12. The molecule has 84 valence electrons. The molecule has 2 nitrogen and oxygen atoms in total. The van der Waals surface area contributed by atoms with Crippen LogP contribution in [0.25, 0.3) is 0 Å². The topological polar surface area (TPSA) is 16.1 Å². The Hall–Kier alpha value is -1.35. The predicted molar refractivity (Wildman–Crippen MR) is 72.7 cm³/mol. The minimum absolute atomic E-state index is 1.12. The van der Waals surface area contributed by atoms with Crippen molar-refractivity contribution in [1.29, 1.82) is 0 Å². The Morgan fingerprint density at radius 2 is 1.50 bits per heavy atom. The average Bonchev–Trinajstić information content (AvgIpc) is 2.32. The Bertz CT molecular complexity index is 358. The fraction of sp³-hybridized carbons (Fsp3) is 0.154. The van der Waals surface area contributed by atoms with Crippen LogP contribution in [-0.2, 0) is 0 Å². The standard InChI is InChI=1S/C8H10BrN.C5H5N/c1-10(2)8-5-3-7(9)4-6-8;1-2-4-6-5-3-1/h3-6H,1-2H3;1-5H. The van der Waals surface area contributed by atoms with Crippen LogP contribution >= 0.6 is 15.9 Å². The third-order valence-electron chi connectivity index (χ3n) is 1.91. The first-order chi connectivity index (χ1) is 7.70. The SMILES string of the molecule is CN(C)c1ccc(Br)cc1.c1ccncc1. The Balaban J connectivity index is 0.000000181. The second-order valence-corrected chi connectivity index (χ2v) is 4.31. The normalized spacial score (nSPS) is 8.94. The van der Waals surface area contributed by atoms with E-state index in [0.29, 0.717) is 0 Å². The maximum Gasteiger partial charge on any atom is 0.0361 e. The van der Waals surface area contributed by atoms with Gasteiger partial charge in [-0.05, 0) is 36.4 Å². The summed E-state index contributed by atoms with van der Waals surface area (Å²) < 4.78 is 1.12. The molecule has 0 bridgehead atoms. The molecule has 0 aliphatic heterocycles. The summed E-state index contributed by atoms with van der Waals surface area (Å²) in [6.07, 6.45) is 3.50. The van der Waals surface area contributed by atoms with E-state index in [1.807, 2.05) is 44.4 Å². The van der Waals surface area contributed by atoms with Gasteiger partial charge in [-0.25, -0.2) is 0 Å². The fourth-order valence-corrected chi connectivity index (χ4v) is 1.32. The van der Waals surface area contributed by atoms with Gasteiger partial charge >= 0.3 is 0 Å². The van der Waals surface area contributed by atoms with E-state index in [1.165, 1.54) is 5.69 Å². The van der Waals surface area contributed by atoms with Crippen molar-refractivity contribution < 1.29 is 0 Å². The van der Waals surface area contributed by atoms with Crippen molar-refractivity contribution in [1.82, 2.24) is 4.98 Å². The highest BCUT2D eigenvalue weighted by Crippen LogP contribution is 2.15. The molecule has 3 heteroatoms. The molecular weight excluding hydrogens is 264 g/mol. The molecule has 1 aromatic carbocycles. The van der Waals surface area contributed by atoms with Crippen LogP contribution in [0, 0.1) is 0 Å². The van der Waals surface area contributed by atoms with Gasteiger partial charge in [-0.3, -0.25) is 4.98 Å². The zero-order chi connectivity index (χ0) is 11.8. The van der Waals surface area contributed by atoms with Crippen LogP contribution in [0.4, 0.5) is 5.69 Å². The lowest BCUT2D eigenvalue weighted by Gasteiger charge is -2.11. The largest absolute Gasteiger partial charge is 0.378 e. The van der Waals surface area contributed by atoms with Gasteiger partial charge < -0.3 is 4.90 Å². The number of hydrogen-bond acceptors (Lipinski definition) is 2. The first-order valence-corrected chi connectivity index (χ1v) is 5.77. The summed E-state index contributed by atoms with van der Waals surface area (Å²) in [7, 11) is 4.06. The van der Waals surface area contributed by atoms with Gasteiger partial charge in [-0.2, -0.15) is 0 Å². The molecule has 0 atom stereocenters. The summed E-state index contributed by atoms with van der Waals surface area (Å²) in [5, 5.41) is 0. The molecule has 0 aliphatic rings. The lowest BCUT2D eigenvalue weighted by atomic mass is 10.3. The molecule has 0 radical (unpaired) electrons. The number of rotatable bonds is 1. The summed E-state index contributed by atoms with van der Waals surface area (Å²) in [6.45, 7) is 0. The lowest BCUT2D eigenvalue weighted by Crippen LogP contribution is -2.07. The third kappa shape index (κ3) is 4.94. The third-order valence-corrected chi connectivity index (χ3v) is 2.44. The van der Waals surface area contributed by atoms with E-state index in [9.17, 15) is 0 Å². The highest BCUT2D eigenvalue weighted by molar-refractivity contribution is 9.10. The molecule has 0 fully saturated rings. The van der Waals surface area contributed by atoms with Gasteiger partial charge in [0, 0.05) is 36.6 Å². The molecule has 1 aromatic heterocycles. The molecule has 0 unspecified atom stereocenters. The van der Waals surface area contributed by atoms with Crippen LogP contribution in [0.5, 0.6) is 0 Å². The number of anilines is 1. The summed E-state index contributed by atoms with van der Waals surface area (Å²) >= 11 is 3.38. The number of aromatic nitrogens is 1. The van der Waals surface area contributed by atoms with Crippen molar-refractivity contribution in [3.8, 4) is 0 Å². The second kappa shape index (κ2) is 7.01. The summed E-state index contributed by atoms with van der Waals surface area (Å²) in [5.41, 5.74) is 1.23. The van der Waals surface area contributed by atoms with Gasteiger partial charge in [0.25, 0.3) is 0 Å².